The average Bonchev–Trinajstić information content (AvgIpc) is 2.69. The van der Waals surface area contributed by atoms with Gasteiger partial charge in [-0.3, -0.25) is 0 Å². The topological polar surface area (TPSA) is 0 Å². The molecule has 0 saturated heterocycles. The SMILES string of the molecule is C1CCC(CSC2CCCC2)CC1. The Labute approximate surface area is 86.9 Å². The number of hydrogen-bond acceptors (Lipinski definition) is 1. The van der Waals surface area contributed by atoms with E-state index < -0.39 is 0 Å². The molecule has 0 nitrogen and oxygen atoms in total. The quantitative estimate of drug-likeness (QED) is 0.653. The third-order valence-electron chi connectivity index (χ3n) is 3.59. The van der Waals surface area contributed by atoms with Crippen LogP contribution in [0.2, 0.25) is 0 Å². The molecule has 0 spiro atoms. The van der Waals surface area contributed by atoms with Gasteiger partial charge >= 0.3 is 0 Å². The van der Waals surface area contributed by atoms with Crippen molar-refractivity contribution in [3.05, 3.63) is 0 Å². The van der Waals surface area contributed by atoms with Gasteiger partial charge in [-0.15, -0.1) is 0 Å². The molecule has 2 fully saturated rings. The summed E-state index contributed by atoms with van der Waals surface area (Å²) < 4.78 is 0. The van der Waals surface area contributed by atoms with Gasteiger partial charge in [0.15, 0.2) is 0 Å². The van der Waals surface area contributed by atoms with E-state index in [9.17, 15) is 0 Å². The molecule has 2 rings (SSSR count). The first kappa shape index (κ1) is 9.89. The van der Waals surface area contributed by atoms with Gasteiger partial charge < -0.3 is 0 Å². The van der Waals surface area contributed by atoms with Crippen LogP contribution in [0.3, 0.4) is 0 Å². The van der Waals surface area contributed by atoms with Crippen molar-refractivity contribution in [2.24, 2.45) is 5.92 Å². The van der Waals surface area contributed by atoms with Gasteiger partial charge in [0.1, 0.15) is 0 Å². The van der Waals surface area contributed by atoms with Crippen LogP contribution in [0.25, 0.3) is 0 Å². The summed E-state index contributed by atoms with van der Waals surface area (Å²) in [5.74, 6) is 2.56. The first-order valence-electron chi connectivity index (χ1n) is 6.07. The Kier molecular flexibility index (Phi) is 4.02. The fourth-order valence-corrected chi connectivity index (χ4v) is 4.23. The summed E-state index contributed by atoms with van der Waals surface area (Å²) in [5.41, 5.74) is 0. The van der Waals surface area contributed by atoms with Crippen LogP contribution in [0.5, 0.6) is 0 Å². The minimum Gasteiger partial charge on any atom is -0.158 e. The first-order chi connectivity index (χ1) is 6.45. The largest absolute Gasteiger partial charge is 0.158 e. The Morgan fingerprint density at radius 2 is 1.38 bits per heavy atom. The van der Waals surface area contributed by atoms with Crippen LogP contribution in [0.4, 0.5) is 0 Å². The smallest absolute Gasteiger partial charge is 0.00471 e. The summed E-state index contributed by atoms with van der Waals surface area (Å²) in [6.07, 6.45) is 13.6. The molecule has 0 radical (unpaired) electrons. The van der Waals surface area contributed by atoms with Crippen LogP contribution in [0.1, 0.15) is 57.8 Å². The summed E-state index contributed by atoms with van der Waals surface area (Å²) in [5, 5.41) is 1.04. The highest BCUT2D eigenvalue weighted by atomic mass is 32.2. The molecule has 2 aliphatic carbocycles. The van der Waals surface area contributed by atoms with Gasteiger partial charge in [0.25, 0.3) is 0 Å². The van der Waals surface area contributed by atoms with E-state index in [0.717, 1.165) is 11.2 Å². The van der Waals surface area contributed by atoms with Crippen LogP contribution in [-0.4, -0.2) is 11.0 Å². The van der Waals surface area contributed by atoms with Crippen molar-refractivity contribution in [1.29, 1.82) is 0 Å². The van der Waals surface area contributed by atoms with E-state index in [1.807, 2.05) is 0 Å². The Morgan fingerprint density at radius 1 is 0.769 bits per heavy atom. The van der Waals surface area contributed by atoms with Crippen molar-refractivity contribution in [3.8, 4) is 0 Å². The molecular formula is C12H22S. The molecule has 0 unspecified atom stereocenters. The third-order valence-corrected chi connectivity index (χ3v) is 5.20. The number of hydrogen-bond donors (Lipinski definition) is 0. The van der Waals surface area contributed by atoms with E-state index in [1.54, 1.807) is 0 Å². The monoisotopic (exact) mass is 198 g/mol. The molecule has 2 saturated carbocycles. The molecule has 0 aliphatic heterocycles. The summed E-state index contributed by atoms with van der Waals surface area (Å²) >= 11 is 2.29. The Hall–Kier alpha value is 0.350. The fourth-order valence-electron chi connectivity index (χ4n) is 2.68. The predicted octanol–water partition coefficient (Wildman–Crippen LogP) is 4.24. The van der Waals surface area contributed by atoms with E-state index in [-0.39, 0.29) is 0 Å². The van der Waals surface area contributed by atoms with E-state index in [0.29, 0.717) is 0 Å². The second-order valence-corrected chi connectivity index (χ2v) is 6.08. The molecule has 2 aliphatic rings. The predicted molar refractivity (Wildman–Crippen MR) is 61.3 cm³/mol. The van der Waals surface area contributed by atoms with Gasteiger partial charge in [0.2, 0.25) is 0 Å². The van der Waals surface area contributed by atoms with Crippen LogP contribution in [0.15, 0.2) is 0 Å². The molecular weight excluding hydrogens is 176 g/mol. The Bertz CT molecular complexity index is 132. The molecule has 76 valence electrons. The van der Waals surface area contributed by atoms with Gasteiger partial charge in [-0.25, -0.2) is 0 Å². The second kappa shape index (κ2) is 5.29. The van der Waals surface area contributed by atoms with Gasteiger partial charge in [-0.2, -0.15) is 11.8 Å². The van der Waals surface area contributed by atoms with Crippen molar-refractivity contribution in [2.75, 3.05) is 5.75 Å². The van der Waals surface area contributed by atoms with Crippen LogP contribution in [0, 0.1) is 5.92 Å². The Morgan fingerprint density at radius 3 is 2.08 bits per heavy atom. The molecule has 0 amide bonds. The maximum atomic E-state index is 2.29. The van der Waals surface area contributed by atoms with Crippen LogP contribution >= 0.6 is 11.8 Å². The summed E-state index contributed by atoms with van der Waals surface area (Å²) in [7, 11) is 0. The van der Waals surface area contributed by atoms with Gasteiger partial charge in [0, 0.05) is 5.25 Å². The fraction of sp³-hybridized carbons (Fsp3) is 1.00. The highest BCUT2D eigenvalue weighted by molar-refractivity contribution is 7.99. The lowest BCUT2D eigenvalue weighted by Crippen LogP contribution is -2.10. The van der Waals surface area contributed by atoms with Gasteiger partial charge in [-0.05, 0) is 37.4 Å². The summed E-state index contributed by atoms with van der Waals surface area (Å²) in [4.78, 5) is 0. The molecule has 1 heteroatoms. The normalized spacial score (nSPS) is 26.8. The number of thioether (sulfide) groups is 1. The zero-order valence-corrected chi connectivity index (χ0v) is 9.45. The van der Waals surface area contributed by atoms with E-state index >= 15 is 0 Å². The molecule has 0 aromatic rings. The first-order valence-corrected chi connectivity index (χ1v) is 7.11. The standard InChI is InChI=1S/C12H22S/c1-2-6-11(7-3-1)10-13-12-8-4-5-9-12/h11-12H,1-10H2. The average molecular weight is 198 g/mol. The molecule has 0 aromatic heterocycles. The molecule has 0 bridgehead atoms. The highest BCUT2D eigenvalue weighted by Crippen LogP contribution is 2.34. The van der Waals surface area contributed by atoms with Crippen molar-refractivity contribution in [2.45, 2.75) is 63.0 Å². The van der Waals surface area contributed by atoms with E-state index in [2.05, 4.69) is 11.8 Å². The van der Waals surface area contributed by atoms with Gasteiger partial charge in [0.05, 0.1) is 0 Å². The molecule has 0 N–H and O–H groups in total. The lowest BCUT2D eigenvalue weighted by Gasteiger charge is -2.22. The van der Waals surface area contributed by atoms with Crippen molar-refractivity contribution < 1.29 is 0 Å². The van der Waals surface area contributed by atoms with Crippen molar-refractivity contribution >= 4 is 11.8 Å². The van der Waals surface area contributed by atoms with E-state index in [1.165, 1.54) is 63.5 Å². The lowest BCUT2D eigenvalue weighted by molar-refractivity contribution is 0.390. The van der Waals surface area contributed by atoms with E-state index in [4.69, 9.17) is 0 Å². The molecule has 0 heterocycles. The minimum absolute atomic E-state index is 1.04. The minimum atomic E-state index is 1.04. The molecule has 0 atom stereocenters. The van der Waals surface area contributed by atoms with Crippen molar-refractivity contribution in [3.63, 3.8) is 0 Å². The Balaban J connectivity index is 1.60. The summed E-state index contributed by atoms with van der Waals surface area (Å²) in [6.45, 7) is 0. The van der Waals surface area contributed by atoms with Crippen LogP contribution in [-0.2, 0) is 0 Å². The number of rotatable bonds is 3. The summed E-state index contributed by atoms with van der Waals surface area (Å²) in [6, 6.07) is 0. The highest BCUT2D eigenvalue weighted by Gasteiger charge is 2.19. The van der Waals surface area contributed by atoms with Gasteiger partial charge in [-0.1, -0.05) is 32.1 Å². The molecule has 13 heavy (non-hydrogen) atoms. The maximum absolute atomic E-state index is 2.29. The zero-order valence-electron chi connectivity index (χ0n) is 8.63. The second-order valence-electron chi connectivity index (χ2n) is 4.74. The maximum Gasteiger partial charge on any atom is 0.00471 e. The molecule has 0 aromatic carbocycles. The third kappa shape index (κ3) is 3.19. The lowest BCUT2D eigenvalue weighted by atomic mass is 9.91. The van der Waals surface area contributed by atoms with Crippen LogP contribution < -0.4 is 0 Å². The van der Waals surface area contributed by atoms with Crippen molar-refractivity contribution in [1.82, 2.24) is 0 Å². The zero-order chi connectivity index (χ0) is 8.93.